The number of Topliss-reactive ketones (excluding diaryl/α,β-unsaturated/α-hetero) is 1. The summed E-state index contributed by atoms with van der Waals surface area (Å²) in [5.41, 5.74) is 2.74. The molecule has 2 aromatic heterocycles. The number of halogens is 1. The van der Waals surface area contributed by atoms with Crippen LogP contribution in [0.25, 0.3) is 10.9 Å². The topological polar surface area (TPSA) is 111 Å². The van der Waals surface area contributed by atoms with E-state index in [0.717, 1.165) is 15.4 Å². The predicted octanol–water partition coefficient (Wildman–Crippen LogP) is 3.52. The van der Waals surface area contributed by atoms with Gasteiger partial charge in [-0.25, -0.2) is 9.48 Å². The second-order valence-electron chi connectivity index (χ2n) is 10.5. The Morgan fingerprint density at radius 2 is 2.11 bits per heavy atom. The van der Waals surface area contributed by atoms with Crippen LogP contribution in [0.3, 0.4) is 0 Å². The molecule has 3 aromatic rings. The fourth-order valence-electron chi connectivity index (χ4n) is 6.70. The van der Waals surface area contributed by atoms with Crippen molar-refractivity contribution in [3.8, 4) is 0 Å². The quantitative estimate of drug-likeness (QED) is 0.375. The molecule has 0 bridgehead atoms. The highest BCUT2D eigenvalue weighted by molar-refractivity contribution is 9.10. The van der Waals surface area contributed by atoms with Gasteiger partial charge in [-0.2, -0.15) is 0 Å². The SMILES string of the molecule is C=C1C(=O)O[C@@H]2[C@H]1CC[C@H](C)[C@]1(O)[C@@H](n3cc(CNn4ccc5cc(Br)ccc54)nn3)CC(=O)[C@@]21C. The van der Waals surface area contributed by atoms with E-state index in [2.05, 4.69) is 38.2 Å². The number of fused-ring (bicyclic) bond motifs is 4. The van der Waals surface area contributed by atoms with E-state index in [1.54, 1.807) is 17.8 Å². The lowest BCUT2D eigenvalue weighted by Crippen LogP contribution is -2.59. The summed E-state index contributed by atoms with van der Waals surface area (Å²) >= 11 is 3.49. The van der Waals surface area contributed by atoms with Crippen LogP contribution in [0.1, 0.15) is 44.8 Å². The standard InChI is InChI=1S/C26H28BrN5O4/c1-14-4-6-19-15(2)24(34)36-23(19)25(3)22(33)11-21(26(14,25)35)32-13-18(29-30-32)12-28-31-9-8-16-10-17(27)5-7-20(16)31/h5,7-10,13-14,19,21,23,28,35H,2,4,6,11-12H2,1,3H3/t14-,19-,21-,23+,25-,26-/m0/s1. The molecule has 36 heavy (non-hydrogen) atoms. The van der Waals surface area contributed by atoms with Crippen LogP contribution in [0, 0.1) is 17.3 Å². The number of aromatic nitrogens is 4. The van der Waals surface area contributed by atoms with Crippen LogP contribution in [0.2, 0.25) is 0 Å². The maximum atomic E-state index is 13.5. The fourth-order valence-corrected chi connectivity index (χ4v) is 7.08. The minimum atomic E-state index is -1.45. The molecule has 3 fully saturated rings. The third kappa shape index (κ3) is 3.10. The number of esters is 1. The van der Waals surface area contributed by atoms with Crippen LogP contribution in [-0.4, -0.2) is 48.2 Å². The average Bonchev–Trinajstić information content (AvgIpc) is 3.58. The van der Waals surface area contributed by atoms with Crippen molar-refractivity contribution < 1.29 is 19.4 Å². The van der Waals surface area contributed by atoms with Crippen LogP contribution in [-0.2, 0) is 20.9 Å². The maximum Gasteiger partial charge on any atom is 0.334 e. The summed E-state index contributed by atoms with van der Waals surface area (Å²) in [5.74, 6) is -1.08. The number of ketones is 1. The van der Waals surface area contributed by atoms with Crippen molar-refractivity contribution in [2.45, 2.75) is 57.4 Å². The highest BCUT2D eigenvalue weighted by atomic mass is 79.9. The van der Waals surface area contributed by atoms with Gasteiger partial charge in [-0.05, 0) is 49.9 Å². The van der Waals surface area contributed by atoms with Crippen molar-refractivity contribution in [2.75, 3.05) is 5.43 Å². The maximum absolute atomic E-state index is 13.5. The Morgan fingerprint density at radius 1 is 1.31 bits per heavy atom. The van der Waals surface area contributed by atoms with Crippen molar-refractivity contribution in [3.05, 3.63) is 59.0 Å². The van der Waals surface area contributed by atoms with Crippen molar-refractivity contribution in [3.63, 3.8) is 0 Å². The van der Waals surface area contributed by atoms with Gasteiger partial charge >= 0.3 is 5.97 Å². The Bertz CT molecular complexity index is 1410. The Labute approximate surface area is 216 Å². The molecule has 3 heterocycles. The summed E-state index contributed by atoms with van der Waals surface area (Å²) in [5, 5.41) is 22.0. The largest absolute Gasteiger partial charge is 0.457 e. The zero-order valence-electron chi connectivity index (χ0n) is 20.1. The Morgan fingerprint density at radius 3 is 2.92 bits per heavy atom. The molecular weight excluding hydrogens is 526 g/mol. The molecule has 1 aliphatic heterocycles. The van der Waals surface area contributed by atoms with Gasteiger partial charge in [-0.1, -0.05) is 34.6 Å². The molecule has 0 unspecified atom stereocenters. The van der Waals surface area contributed by atoms with Gasteiger partial charge < -0.3 is 15.3 Å². The van der Waals surface area contributed by atoms with E-state index in [-0.39, 0.29) is 24.0 Å². The molecule has 0 spiro atoms. The van der Waals surface area contributed by atoms with Crippen molar-refractivity contribution >= 4 is 38.6 Å². The molecule has 0 amide bonds. The molecule has 10 heteroatoms. The van der Waals surface area contributed by atoms with Gasteiger partial charge in [0.15, 0.2) is 0 Å². The van der Waals surface area contributed by atoms with Gasteiger partial charge in [0.05, 0.1) is 29.7 Å². The summed E-state index contributed by atoms with van der Waals surface area (Å²) in [6.07, 6.45) is 4.39. The van der Waals surface area contributed by atoms with Crippen LogP contribution in [0.15, 0.2) is 53.3 Å². The number of nitrogens with zero attached hydrogens (tertiary/aromatic N) is 4. The average molecular weight is 554 g/mol. The molecule has 2 saturated carbocycles. The summed E-state index contributed by atoms with van der Waals surface area (Å²) in [7, 11) is 0. The summed E-state index contributed by atoms with van der Waals surface area (Å²) in [4.78, 5) is 25.9. The molecule has 9 nitrogen and oxygen atoms in total. The second-order valence-corrected chi connectivity index (χ2v) is 11.4. The van der Waals surface area contributed by atoms with Gasteiger partial charge in [0.2, 0.25) is 0 Å². The van der Waals surface area contributed by atoms with Crippen LogP contribution >= 0.6 is 15.9 Å². The van der Waals surface area contributed by atoms with Gasteiger partial charge in [-0.3, -0.25) is 9.47 Å². The Balaban J connectivity index is 1.28. The number of carbonyl (C=O) groups is 2. The fraction of sp³-hybridized carbons (Fsp3) is 0.462. The molecular formula is C26H28BrN5O4. The van der Waals surface area contributed by atoms with Crippen molar-refractivity contribution in [1.82, 2.24) is 19.7 Å². The Kier molecular flexibility index (Phi) is 5.21. The first-order valence-corrected chi connectivity index (χ1v) is 13.0. The highest BCUT2D eigenvalue weighted by Gasteiger charge is 2.72. The molecule has 6 atom stereocenters. The summed E-state index contributed by atoms with van der Waals surface area (Å²) < 4.78 is 10.3. The number of hydrogen-bond donors (Lipinski definition) is 2. The van der Waals surface area contributed by atoms with E-state index in [9.17, 15) is 14.7 Å². The number of rotatable bonds is 4. The van der Waals surface area contributed by atoms with Gasteiger partial charge in [-0.15, -0.1) is 5.10 Å². The molecule has 2 N–H and O–H groups in total. The lowest BCUT2D eigenvalue weighted by atomic mass is 9.64. The number of ether oxygens (including phenoxy) is 1. The van der Waals surface area contributed by atoms with E-state index >= 15 is 0 Å². The third-order valence-electron chi connectivity index (χ3n) is 8.80. The van der Waals surface area contributed by atoms with E-state index in [0.29, 0.717) is 30.7 Å². The first-order chi connectivity index (χ1) is 17.1. The lowest BCUT2D eigenvalue weighted by Gasteiger charge is -2.46. The number of aliphatic hydroxyl groups is 1. The molecule has 2 aliphatic carbocycles. The van der Waals surface area contributed by atoms with E-state index in [4.69, 9.17) is 4.74 Å². The molecule has 1 saturated heterocycles. The number of nitrogens with one attached hydrogen (secondary N) is 1. The van der Waals surface area contributed by atoms with E-state index < -0.39 is 29.1 Å². The van der Waals surface area contributed by atoms with Gasteiger partial charge in [0.1, 0.15) is 23.2 Å². The molecule has 188 valence electrons. The van der Waals surface area contributed by atoms with Crippen molar-refractivity contribution in [1.29, 1.82) is 0 Å². The van der Waals surface area contributed by atoms with Crippen molar-refractivity contribution in [2.24, 2.45) is 17.3 Å². The summed E-state index contributed by atoms with van der Waals surface area (Å²) in [6, 6.07) is 7.47. The van der Waals surface area contributed by atoms with Gasteiger partial charge in [0.25, 0.3) is 0 Å². The highest BCUT2D eigenvalue weighted by Crippen LogP contribution is 2.61. The molecule has 0 radical (unpaired) electrons. The molecule has 3 aliphatic rings. The van der Waals surface area contributed by atoms with Crippen LogP contribution < -0.4 is 5.43 Å². The summed E-state index contributed by atoms with van der Waals surface area (Å²) in [6.45, 7) is 8.04. The first kappa shape index (κ1) is 23.4. The predicted molar refractivity (Wildman–Crippen MR) is 135 cm³/mol. The van der Waals surface area contributed by atoms with E-state index in [1.165, 1.54) is 0 Å². The van der Waals surface area contributed by atoms with Crippen LogP contribution in [0.4, 0.5) is 0 Å². The molecule has 6 rings (SSSR count). The minimum Gasteiger partial charge on any atom is -0.457 e. The number of carbonyl (C=O) groups excluding carboxylic acids is 2. The van der Waals surface area contributed by atoms with E-state index in [1.807, 2.05) is 42.1 Å². The Hall–Kier alpha value is -2.98. The number of hydrogen-bond acceptors (Lipinski definition) is 7. The third-order valence-corrected chi connectivity index (χ3v) is 9.29. The zero-order valence-corrected chi connectivity index (χ0v) is 21.7. The number of benzene rings is 1. The van der Waals surface area contributed by atoms with Crippen LogP contribution in [0.5, 0.6) is 0 Å². The lowest BCUT2D eigenvalue weighted by molar-refractivity contribution is -0.178. The molecule has 1 aromatic carbocycles. The minimum absolute atomic E-state index is 0.0952. The zero-order chi connectivity index (χ0) is 25.4. The monoisotopic (exact) mass is 553 g/mol. The van der Waals surface area contributed by atoms with Gasteiger partial charge in [0, 0.05) is 34.0 Å². The second kappa shape index (κ2) is 8.01. The first-order valence-electron chi connectivity index (χ1n) is 12.2. The smallest absolute Gasteiger partial charge is 0.334 e. The normalized spacial score (nSPS) is 33.9.